The molecule has 0 radical (unpaired) electrons. The summed E-state index contributed by atoms with van der Waals surface area (Å²) in [6.45, 7) is 3.65. The second-order valence-corrected chi connectivity index (χ2v) is 5.41. The number of hydrogen-bond donors (Lipinski definition) is 3. The van der Waals surface area contributed by atoms with Crippen LogP contribution in [0.5, 0.6) is 0 Å². The maximum Gasteiger partial charge on any atom is 0.319 e. The Labute approximate surface area is 115 Å². The number of anilines is 1. The fourth-order valence-electron chi connectivity index (χ4n) is 1.24. The van der Waals surface area contributed by atoms with Crippen molar-refractivity contribution in [1.29, 1.82) is 0 Å². The molecule has 1 rings (SSSR count). The Hall–Kier alpha value is -0.820. The van der Waals surface area contributed by atoms with Crippen LogP contribution in [0.15, 0.2) is 24.3 Å². The number of amides is 2. The quantitative estimate of drug-likeness (QED) is 0.733. The summed E-state index contributed by atoms with van der Waals surface area (Å²) in [6, 6.07) is 7.23. The molecule has 0 spiro atoms. The first-order valence-electron chi connectivity index (χ1n) is 5.44. The number of carbonyl (C=O) groups is 1. The lowest BCUT2D eigenvalue weighted by atomic mass is 10.0. The zero-order chi connectivity index (χ0) is 12.9. The van der Waals surface area contributed by atoms with E-state index in [4.69, 9.17) is 0 Å². The predicted octanol–water partition coefficient (Wildman–Crippen LogP) is 2.57. The highest BCUT2D eigenvalue weighted by molar-refractivity contribution is 14.1. The zero-order valence-electron chi connectivity index (χ0n) is 9.96. The van der Waals surface area contributed by atoms with Gasteiger partial charge in [-0.1, -0.05) is 13.0 Å². The maximum absolute atomic E-state index is 11.7. The molecule has 0 aliphatic rings. The third kappa shape index (κ3) is 4.51. The zero-order valence-corrected chi connectivity index (χ0v) is 12.1. The molecule has 0 saturated heterocycles. The van der Waals surface area contributed by atoms with Gasteiger partial charge >= 0.3 is 6.03 Å². The van der Waals surface area contributed by atoms with Crippen molar-refractivity contribution in [3.63, 3.8) is 0 Å². The van der Waals surface area contributed by atoms with Gasteiger partial charge < -0.3 is 15.7 Å². The fourth-order valence-corrected chi connectivity index (χ4v) is 1.79. The van der Waals surface area contributed by atoms with E-state index in [1.165, 1.54) is 0 Å². The number of aliphatic hydroxyl groups is 1. The Bertz CT molecular complexity index is 392. The molecule has 2 amide bonds. The van der Waals surface area contributed by atoms with Crippen LogP contribution in [-0.2, 0) is 0 Å². The lowest BCUT2D eigenvalue weighted by molar-refractivity contribution is 0.172. The number of rotatable bonds is 4. The molecular weight excluding hydrogens is 331 g/mol. The van der Waals surface area contributed by atoms with Crippen LogP contribution < -0.4 is 10.6 Å². The Morgan fingerprint density at radius 1 is 1.53 bits per heavy atom. The van der Waals surface area contributed by atoms with Gasteiger partial charge in [-0.15, -0.1) is 0 Å². The van der Waals surface area contributed by atoms with Crippen LogP contribution in [0.4, 0.5) is 10.5 Å². The van der Waals surface area contributed by atoms with E-state index in [1.54, 1.807) is 6.92 Å². The minimum atomic E-state index is -0.577. The monoisotopic (exact) mass is 348 g/mol. The topological polar surface area (TPSA) is 61.4 Å². The third-order valence-corrected chi connectivity index (χ3v) is 3.30. The molecule has 0 bridgehead atoms. The second-order valence-electron chi connectivity index (χ2n) is 4.16. The van der Waals surface area contributed by atoms with Gasteiger partial charge in [0.1, 0.15) is 0 Å². The first-order chi connectivity index (χ1) is 7.99. The van der Waals surface area contributed by atoms with E-state index in [0.717, 1.165) is 9.26 Å². The van der Waals surface area contributed by atoms with Crippen LogP contribution >= 0.6 is 22.6 Å². The number of halogens is 1. The molecule has 1 aromatic carbocycles. The van der Waals surface area contributed by atoms with Crippen molar-refractivity contribution in [2.75, 3.05) is 11.9 Å². The minimum Gasteiger partial charge on any atom is -0.394 e. The third-order valence-electron chi connectivity index (χ3n) is 2.63. The standard InChI is InChI=1S/C12H17IN2O2/c1-3-12(2,8-16)15-11(17)14-10-6-4-5-9(13)7-10/h4-7,16H,3,8H2,1-2H3,(H2,14,15,17). The van der Waals surface area contributed by atoms with Gasteiger partial charge in [0.15, 0.2) is 0 Å². The highest BCUT2D eigenvalue weighted by Crippen LogP contribution is 2.13. The first kappa shape index (κ1) is 14.2. The van der Waals surface area contributed by atoms with Crippen LogP contribution in [0.3, 0.4) is 0 Å². The van der Waals surface area contributed by atoms with Gasteiger partial charge in [-0.05, 0) is 54.1 Å². The molecule has 0 aliphatic heterocycles. The average Bonchev–Trinajstić information content (AvgIpc) is 2.28. The van der Waals surface area contributed by atoms with Gasteiger partial charge in [0.25, 0.3) is 0 Å². The van der Waals surface area contributed by atoms with Crippen LogP contribution in [0, 0.1) is 3.57 Å². The van der Waals surface area contributed by atoms with Gasteiger partial charge in [0, 0.05) is 9.26 Å². The number of aliphatic hydroxyl groups excluding tert-OH is 1. The van der Waals surface area contributed by atoms with Crippen LogP contribution in [-0.4, -0.2) is 23.3 Å². The molecule has 1 aromatic rings. The van der Waals surface area contributed by atoms with E-state index in [0.29, 0.717) is 6.42 Å². The molecular formula is C12H17IN2O2. The summed E-state index contributed by atoms with van der Waals surface area (Å²) in [5, 5.41) is 14.7. The van der Waals surface area contributed by atoms with Crippen molar-refractivity contribution in [3.05, 3.63) is 27.8 Å². The normalized spacial score (nSPS) is 13.9. The summed E-state index contributed by atoms with van der Waals surface area (Å²) in [5.74, 6) is 0. The van der Waals surface area contributed by atoms with Gasteiger partial charge in [0.2, 0.25) is 0 Å². The van der Waals surface area contributed by atoms with Crippen LogP contribution in [0.2, 0.25) is 0 Å². The molecule has 0 aromatic heterocycles. The lowest BCUT2D eigenvalue weighted by Crippen LogP contribution is -2.50. The molecule has 0 saturated carbocycles. The van der Waals surface area contributed by atoms with Crippen LogP contribution in [0.1, 0.15) is 20.3 Å². The highest BCUT2D eigenvalue weighted by atomic mass is 127. The van der Waals surface area contributed by atoms with Crippen molar-refractivity contribution in [3.8, 4) is 0 Å². The average molecular weight is 348 g/mol. The number of urea groups is 1. The highest BCUT2D eigenvalue weighted by Gasteiger charge is 2.22. The number of benzene rings is 1. The largest absolute Gasteiger partial charge is 0.394 e. The van der Waals surface area contributed by atoms with E-state index in [9.17, 15) is 9.90 Å². The maximum atomic E-state index is 11.7. The van der Waals surface area contributed by atoms with Crippen molar-refractivity contribution in [2.45, 2.75) is 25.8 Å². The summed E-state index contributed by atoms with van der Waals surface area (Å²) in [6.07, 6.45) is 0.670. The second kappa shape index (κ2) is 6.20. The molecule has 0 heterocycles. The molecule has 17 heavy (non-hydrogen) atoms. The SMILES string of the molecule is CCC(C)(CO)NC(=O)Nc1cccc(I)c1. The summed E-state index contributed by atoms with van der Waals surface area (Å²) in [5.41, 5.74) is 0.164. The van der Waals surface area contributed by atoms with E-state index < -0.39 is 5.54 Å². The summed E-state index contributed by atoms with van der Waals surface area (Å²) >= 11 is 2.18. The van der Waals surface area contributed by atoms with E-state index in [1.807, 2.05) is 31.2 Å². The molecule has 0 aliphatic carbocycles. The van der Waals surface area contributed by atoms with Gasteiger partial charge in [-0.25, -0.2) is 4.79 Å². The van der Waals surface area contributed by atoms with E-state index >= 15 is 0 Å². The minimum absolute atomic E-state index is 0.0801. The smallest absolute Gasteiger partial charge is 0.319 e. The number of carbonyl (C=O) groups excluding carboxylic acids is 1. The Morgan fingerprint density at radius 2 is 2.24 bits per heavy atom. The van der Waals surface area contributed by atoms with Crippen molar-refractivity contribution in [1.82, 2.24) is 5.32 Å². The van der Waals surface area contributed by atoms with Gasteiger partial charge in [-0.3, -0.25) is 0 Å². The van der Waals surface area contributed by atoms with E-state index in [2.05, 4.69) is 33.2 Å². The van der Waals surface area contributed by atoms with Gasteiger partial charge in [0.05, 0.1) is 12.1 Å². The fraction of sp³-hybridized carbons (Fsp3) is 0.417. The molecule has 5 heteroatoms. The predicted molar refractivity (Wildman–Crippen MR) is 77.1 cm³/mol. The van der Waals surface area contributed by atoms with Crippen molar-refractivity contribution < 1.29 is 9.90 Å². The Kier molecular flexibility index (Phi) is 5.20. The molecule has 1 unspecified atom stereocenters. The van der Waals surface area contributed by atoms with E-state index in [-0.39, 0.29) is 12.6 Å². The van der Waals surface area contributed by atoms with Crippen molar-refractivity contribution in [2.24, 2.45) is 0 Å². The molecule has 1 atom stereocenters. The number of hydrogen-bond acceptors (Lipinski definition) is 2. The summed E-state index contributed by atoms with van der Waals surface area (Å²) < 4.78 is 1.06. The summed E-state index contributed by atoms with van der Waals surface area (Å²) in [7, 11) is 0. The molecule has 3 N–H and O–H groups in total. The summed E-state index contributed by atoms with van der Waals surface area (Å²) in [4.78, 5) is 11.7. The molecule has 0 fully saturated rings. The van der Waals surface area contributed by atoms with Crippen molar-refractivity contribution >= 4 is 34.3 Å². The first-order valence-corrected chi connectivity index (χ1v) is 6.52. The molecule has 94 valence electrons. The molecule has 4 nitrogen and oxygen atoms in total. The number of nitrogens with one attached hydrogen (secondary N) is 2. The Morgan fingerprint density at radius 3 is 2.76 bits per heavy atom. The Balaban J connectivity index is 2.61. The van der Waals surface area contributed by atoms with Gasteiger partial charge in [-0.2, -0.15) is 0 Å². The lowest BCUT2D eigenvalue weighted by Gasteiger charge is -2.27. The van der Waals surface area contributed by atoms with Crippen LogP contribution in [0.25, 0.3) is 0 Å².